The molecular weight excluding hydrogens is 207 g/mol. The summed E-state index contributed by atoms with van der Waals surface area (Å²) in [7, 11) is 1.79. The number of hydrogen-bond donors (Lipinski definition) is 2. The van der Waals surface area contributed by atoms with Crippen LogP contribution in [0.25, 0.3) is 0 Å². The van der Waals surface area contributed by atoms with Crippen LogP contribution in [0.2, 0.25) is 0 Å². The molecule has 0 saturated heterocycles. The van der Waals surface area contributed by atoms with Gasteiger partial charge >= 0.3 is 0 Å². The summed E-state index contributed by atoms with van der Waals surface area (Å²) in [4.78, 5) is 11.4. The first-order valence-corrected chi connectivity index (χ1v) is 5.33. The molecule has 4 heteroatoms. The summed E-state index contributed by atoms with van der Waals surface area (Å²) in [6.45, 7) is 2.48. The van der Waals surface area contributed by atoms with Gasteiger partial charge in [-0.2, -0.15) is 0 Å². The minimum Gasteiger partial charge on any atom is -0.350 e. The standard InChI is InChI=1S/C12H17FN2O/c1-9(15-12(16)6-7-14-2)10-4-3-5-11(13)8-10/h3-5,8-9,14H,6-7H2,1-2H3,(H,15,16)/t9-/m1/s1. The van der Waals surface area contributed by atoms with Crippen LogP contribution in [0.3, 0.4) is 0 Å². The van der Waals surface area contributed by atoms with Gasteiger partial charge in [0.05, 0.1) is 6.04 Å². The van der Waals surface area contributed by atoms with Crippen molar-refractivity contribution in [3.05, 3.63) is 35.6 Å². The Morgan fingerprint density at radius 2 is 2.25 bits per heavy atom. The Morgan fingerprint density at radius 1 is 1.50 bits per heavy atom. The highest BCUT2D eigenvalue weighted by Crippen LogP contribution is 2.13. The quantitative estimate of drug-likeness (QED) is 0.798. The molecule has 0 radical (unpaired) electrons. The van der Waals surface area contributed by atoms with Crippen molar-refractivity contribution in [3.8, 4) is 0 Å². The van der Waals surface area contributed by atoms with Crippen LogP contribution >= 0.6 is 0 Å². The van der Waals surface area contributed by atoms with E-state index in [4.69, 9.17) is 0 Å². The monoisotopic (exact) mass is 224 g/mol. The number of hydrogen-bond acceptors (Lipinski definition) is 2. The molecule has 0 bridgehead atoms. The van der Waals surface area contributed by atoms with E-state index in [1.54, 1.807) is 19.2 Å². The molecule has 1 aromatic carbocycles. The number of amides is 1. The fraction of sp³-hybridized carbons (Fsp3) is 0.417. The molecule has 0 aliphatic heterocycles. The summed E-state index contributed by atoms with van der Waals surface area (Å²) in [5.74, 6) is -0.320. The molecule has 0 saturated carbocycles. The van der Waals surface area contributed by atoms with E-state index in [-0.39, 0.29) is 17.8 Å². The molecule has 1 rings (SSSR count). The van der Waals surface area contributed by atoms with Gasteiger partial charge in [-0.15, -0.1) is 0 Å². The Kier molecular flexibility index (Phi) is 4.92. The van der Waals surface area contributed by atoms with Crippen molar-refractivity contribution >= 4 is 5.91 Å². The maximum Gasteiger partial charge on any atom is 0.221 e. The Morgan fingerprint density at radius 3 is 2.88 bits per heavy atom. The fourth-order valence-electron chi connectivity index (χ4n) is 1.41. The number of carbonyl (C=O) groups is 1. The van der Waals surface area contributed by atoms with E-state index in [0.717, 1.165) is 5.56 Å². The minimum atomic E-state index is -0.283. The summed E-state index contributed by atoms with van der Waals surface area (Å²) >= 11 is 0. The van der Waals surface area contributed by atoms with Crippen LogP contribution in [-0.2, 0) is 4.79 Å². The van der Waals surface area contributed by atoms with Gasteiger partial charge in [0.15, 0.2) is 0 Å². The third kappa shape index (κ3) is 3.98. The van der Waals surface area contributed by atoms with E-state index in [9.17, 15) is 9.18 Å². The number of carbonyl (C=O) groups excluding carboxylic acids is 1. The van der Waals surface area contributed by atoms with Crippen molar-refractivity contribution in [1.82, 2.24) is 10.6 Å². The van der Waals surface area contributed by atoms with Crippen LogP contribution in [0.1, 0.15) is 24.9 Å². The average molecular weight is 224 g/mol. The number of halogens is 1. The highest BCUT2D eigenvalue weighted by Gasteiger charge is 2.09. The zero-order valence-corrected chi connectivity index (χ0v) is 9.59. The number of nitrogens with one attached hydrogen (secondary N) is 2. The molecule has 3 nitrogen and oxygen atoms in total. The molecule has 16 heavy (non-hydrogen) atoms. The van der Waals surface area contributed by atoms with Crippen LogP contribution < -0.4 is 10.6 Å². The molecule has 88 valence electrons. The molecular formula is C12H17FN2O. The molecule has 0 spiro atoms. The fourth-order valence-corrected chi connectivity index (χ4v) is 1.41. The van der Waals surface area contributed by atoms with E-state index in [1.165, 1.54) is 12.1 Å². The molecule has 0 aliphatic rings. The normalized spacial score (nSPS) is 12.2. The summed E-state index contributed by atoms with van der Waals surface area (Å²) in [5, 5.41) is 5.71. The number of benzene rings is 1. The van der Waals surface area contributed by atoms with Crippen molar-refractivity contribution in [3.63, 3.8) is 0 Å². The Balaban J connectivity index is 2.52. The van der Waals surface area contributed by atoms with Gasteiger partial charge in [-0.05, 0) is 31.7 Å². The average Bonchev–Trinajstić information content (AvgIpc) is 2.26. The molecule has 0 aliphatic carbocycles. The second-order valence-electron chi connectivity index (χ2n) is 3.70. The predicted octanol–water partition coefficient (Wildman–Crippen LogP) is 1.61. The lowest BCUT2D eigenvalue weighted by atomic mass is 10.1. The van der Waals surface area contributed by atoms with E-state index < -0.39 is 0 Å². The van der Waals surface area contributed by atoms with Crippen LogP contribution in [0.15, 0.2) is 24.3 Å². The summed E-state index contributed by atoms with van der Waals surface area (Å²) in [6, 6.07) is 6.09. The van der Waals surface area contributed by atoms with Crippen LogP contribution in [0, 0.1) is 5.82 Å². The van der Waals surface area contributed by atoms with Crippen LogP contribution in [0.5, 0.6) is 0 Å². The SMILES string of the molecule is CNCCC(=O)N[C@H](C)c1cccc(F)c1. The van der Waals surface area contributed by atoms with Gasteiger partial charge in [0, 0.05) is 13.0 Å². The molecule has 0 unspecified atom stereocenters. The first-order valence-electron chi connectivity index (χ1n) is 5.33. The first-order chi connectivity index (χ1) is 7.63. The third-order valence-electron chi connectivity index (χ3n) is 2.33. The van der Waals surface area contributed by atoms with Crippen LogP contribution in [0.4, 0.5) is 4.39 Å². The van der Waals surface area contributed by atoms with Gasteiger partial charge in [-0.1, -0.05) is 12.1 Å². The second-order valence-corrected chi connectivity index (χ2v) is 3.70. The van der Waals surface area contributed by atoms with E-state index >= 15 is 0 Å². The predicted molar refractivity (Wildman–Crippen MR) is 61.5 cm³/mol. The maximum atomic E-state index is 12.9. The van der Waals surface area contributed by atoms with Gasteiger partial charge < -0.3 is 10.6 Å². The van der Waals surface area contributed by atoms with Gasteiger partial charge in [-0.25, -0.2) is 4.39 Å². The van der Waals surface area contributed by atoms with Gasteiger partial charge in [-0.3, -0.25) is 4.79 Å². The third-order valence-corrected chi connectivity index (χ3v) is 2.33. The first kappa shape index (κ1) is 12.6. The molecule has 1 atom stereocenters. The van der Waals surface area contributed by atoms with Gasteiger partial charge in [0.1, 0.15) is 5.82 Å². The minimum absolute atomic E-state index is 0.0360. The van der Waals surface area contributed by atoms with E-state index in [2.05, 4.69) is 10.6 Å². The van der Waals surface area contributed by atoms with Crippen molar-refractivity contribution < 1.29 is 9.18 Å². The molecule has 0 aromatic heterocycles. The molecule has 2 N–H and O–H groups in total. The Labute approximate surface area is 95.0 Å². The Hall–Kier alpha value is -1.42. The highest BCUT2D eigenvalue weighted by molar-refractivity contribution is 5.76. The summed E-state index contributed by atoms with van der Waals surface area (Å²) < 4.78 is 12.9. The molecule has 1 amide bonds. The van der Waals surface area contributed by atoms with Gasteiger partial charge in [0.2, 0.25) is 5.91 Å². The largest absolute Gasteiger partial charge is 0.350 e. The lowest BCUT2D eigenvalue weighted by Crippen LogP contribution is -2.29. The zero-order valence-electron chi connectivity index (χ0n) is 9.59. The molecule has 1 aromatic rings. The molecule has 0 fully saturated rings. The lowest BCUT2D eigenvalue weighted by molar-refractivity contribution is -0.121. The van der Waals surface area contributed by atoms with E-state index in [1.807, 2.05) is 6.92 Å². The molecule has 0 heterocycles. The number of rotatable bonds is 5. The van der Waals surface area contributed by atoms with E-state index in [0.29, 0.717) is 13.0 Å². The van der Waals surface area contributed by atoms with Gasteiger partial charge in [0.25, 0.3) is 0 Å². The topological polar surface area (TPSA) is 41.1 Å². The Bertz CT molecular complexity index is 355. The van der Waals surface area contributed by atoms with Crippen molar-refractivity contribution in [2.24, 2.45) is 0 Å². The van der Waals surface area contributed by atoms with Crippen LogP contribution in [-0.4, -0.2) is 19.5 Å². The maximum absolute atomic E-state index is 12.9. The van der Waals surface area contributed by atoms with Crippen molar-refractivity contribution in [2.45, 2.75) is 19.4 Å². The smallest absolute Gasteiger partial charge is 0.221 e. The lowest BCUT2D eigenvalue weighted by Gasteiger charge is -2.14. The van der Waals surface area contributed by atoms with Crippen molar-refractivity contribution in [2.75, 3.05) is 13.6 Å². The summed E-state index contributed by atoms with van der Waals surface area (Å²) in [6.07, 6.45) is 0.427. The summed E-state index contributed by atoms with van der Waals surface area (Å²) in [5.41, 5.74) is 0.776. The van der Waals surface area contributed by atoms with Crippen molar-refractivity contribution in [1.29, 1.82) is 0 Å². The second kappa shape index (κ2) is 6.23. The zero-order chi connectivity index (χ0) is 12.0. The highest BCUT2D eigenvalue weighted by atomic mass is 19.1.